The monoisotopic (exact) mass is 302 g/mol. The number of carboxylic acid groups (broad SMARTS) is 1. The first kappa shape index (κ1) is 14.8. The fraction of sp³-hybridized carbons (Fsp3) is 0.667. The molecule has 0 spiro atoms. The number of rotatable bonds is 3. The maximum Gasteiger partial charge on any atom is 0.315 e. The van der Waals surface area contributed by atoms with Crippen LogP contribution in [-0.4, -0.2) is 43.4 Å². The van der Waals surface area contributed by atoms with Crippen molar-refractivity contribution in [3.8, 4) is 0 Å². The molecule has 20 heavy (non-hydrogen) atoms. The lowest BCUT2D eigenvalue weighted by molar-refractivity contribution is -0.142. The zero-order valence-corrected chi connectivity index (χ0v) is 11.7. The lowest BCUT2D eigenvalue weighted by Crippen LogP contribution is -2.47. The van der Waals surface area contributed by atoms with Gasteiger partial charge >= 0.3 is 12.0 Å². The van der Waals surface area contributed by atoms with Crippen molar-refractivity contribution in [3.63, 3.8) is 0 Å². The predicted octanol–water partition coefficient (Wildman–Crippen LogP) is 0.240. The molecule has 1 aliphatic carbocycles. The Balaban J connectivity index is 1.74. The molecular weight excluding hydrogens is 284 g/mol. The van der Waals surface area contributed by atoms with Crippen LogP contribution in [0.2, 0.25) is 0 Å². The lowest BCUT2D eigenvalue weighted by atomic mass is 9.86. The SMILES string of the molecule is O=C(NC1C=CS(=O)(=O)C1)NC1CCC(C(=O)O)CC1. The highest BCUT2D eigenvalue weighted by atomic mass is 32.2. The van der Waals surface area contributed by atoms with E-state index in [0.29, 0.717) is 25.7 Å². The number of nitrogens with one attached hydrogen (secondary N) is 2. The van der Waals surface area contributed by atoms with Gasteiger partial charge in [-0.25, -0.2) is 13.2 Å². The van der Waals surface area contributed by atoms with Crippen molar-refractivity contribution in [1.29, 1.82) is 0 Å². The zero-order chi connectivity index (χ0) is 14.8. The molecular formula is C12H18N2O5S. The van der Waals surface area contributed by atoms with E-state index in [1.807, 2.05) is 0 Å². The number of hydrogen-bond acceptors (Lipinski definition) is 4. The van der Waals surface area contributed by atoms with Gasteiger partial charge in [-0.05, 0) is 31.8 Å². The van der Waals surface area contributed by atoms with E-state index < -0.39 is 27.9 Å². The lowest BCUT2D eigenvalue weighted by Gasteiger charge is -2.27. The molecule has 0 saturated heterocycles. The van der Waals surface area contributed by atoms with Crippen LogP contribution < -0.4 is 10.6 Å². The first-order chi connectivity index (χ1) is 9.35. The molecule has 0 aromatic carbocycles. The molecule has 2 amide bonds. The molecule has 1 heterocycles. The highest BCUT2D eigenvalue weighted by Crippen LogP contribution is 2.24. The summed E-state index contributed by atoms with van der Waals surface area (Å²) in [7, 11) is -3.18. The van der Waals surface area contributed by atoms with Crippen molar-refractivity contribution < 1.29 is 23.1 Å². The van der Waals surface area contributed by atoms with Gasteiger partial charge in [0.05, 0.1) is 17.7 Å². The number of sulfone groups is 1. The molecule has 0 bridgehead atoms. The van der Waals surface area contributed by atoms with Crippen molar-refractivity contribution in [2.75, 3.05) is 5.75 Å². The van der Waals surface area contributed by atoms with Crippen LogP contribution in [0.3, 0.4) is 0 Å². The average Bonchev–Trinajstić information content (AvgIpc) is 2.69. The van der Waals surface area contributed by atoms with E-state index in [4.69, 9.17) is 5.11 Å². The van der Waals surface area contributed by atoms with Crippen LogP contribution >= 0.6 is 0 Å². The third-order valence-corrected chi connectivity index (χ3v) is 5.05. The Hall–Kier alpha value is -1.57. The number of carbonyl (C=O) groups is 2. The molecule has 0 radical (unpaired) electrons. The maximum atomic E-state index is 11.7. The number of aliphatic carboxylic acids is 1. The van der Waals surface area contributed by atoms with Gasteiger partial charge in [-0.3, -0.25) is 4.79 Å². The third-order valence-electron chi connectivity index (χ3n) is 3.66. The first-order valence-electron chi connectivity index (χ1n) is 6.56. The number of urea groups is 1. The summed E-state index contributed by atoms with van der Waals surface area (Å²) < 4.78 is 22.4. The molecule has 0 aromatic heterocycles. The molecule has 2 rings (SSSR count). The minimum atomic E-state index is -3.18. The molecule has 0 aromatic rings. The van der Waals surface area contributed by atoms with Crippen molar-refractivity contribution >= 4 is 21.8 Å². The second-order valence-corrected chi connectivity index (χ2v) is 7.20. The van der Waals surface area contributed by atoms with Crippen molar-refractivity contribution in [3.05, 3.63) is 11.5 Å². The molecule has 1 unspecified atom stereocenters. The van der Waals surface area contributed by atoms with Crippen LogP contribution in [0.15, 0.2) is 11.5 Å². The summed E-state index contributed by atoms with van der Waals surface area (Å²) in [6.45, 7) is 0. The van der Waals surface area contributed by atoms with E-state index in [9.17, 15) is 18.0 Å². The third kappa shape index (κ3) is 3.96. The van der Waals surface area contributed by atoms with E-state index in [2.05, 4.69) is 10.6 Å². The van der Waals surface area contributed by atoms with E-state index in [1.165, 1.54) is 6.08 Å². The fourth-order valence-corrected chi connectivity index (χ4v) is 3.78. The Morgan fingerprint density at radius 3 is 2.25 bits per heavy atom. The molecule has 7 nitrogen and oxygen atoms in total. The van der Waals surface area contributed by atoms with Gasteiger partial charge in [-0.1, -0.05) is 0 Å². The molecule has 2 aliphatic rings. The van der Waals surface area contributed by atoms with Gasteiger partial charge in [0.2, 0.25) is 0 Å². The van der Waals surface area contributed by atoms with Crippen molar-refractivity contribution in [1.82, 2.24) is 10.6 Å². The van der Waals surface area contributed by atoms with Gasteiger partial charge in [-0.2, -0.15) is 0 Å². The Labute approximate surface area is 117 Å². The van der Waals surface area contributed by atoms with Crippen LogP contribution in [0.1, 0.15) is 25.7 Å². The van der Waals surface area contributed by atoms with Crippen LogP contribution in [-0.2, 0) is 14.6 Å². The number of carbonyl (C=O) groups excluding carboxylic acids is 1. The summed E-state index contributed by atoms with van der Waals surface area (Å²) in [6.07, 6.45) is 3.82. The molecule has 8 heteroatoms. The number of carboxylic acids is 1. The maximum absolute atomic E-state index is 11.7. The molecule has 1 atom stereocenters. The second kappa shape index (κ2) is 5.82. The summed E-state index contributed by atoms with van der Waals surface area (Å²) in [5.41, 5.74) is 0. The van der Waals surface area contributed by atoms with Crippen molar-refractivity contribution in [2.24, 2.45) is 5.92 Å². The molecule has 1 saturated carbocycles. The predicted molar refractivity (Wildman–Crippen MR) is 71.8 cm³/mol. The molecule has 1 fully saturated rings. The second-order valence-electron chi connectivity index (χ2n) is 5.27. The van der Waals surface area contributed by atoms with Crippen molar-refractivity contribution in [2.45, 2.75) is 37.8 Å². The summed E-state index contributed by atoms with van der Waals surface area (Å²) in [6, 6.07) is -0.946. The van der Waals surface area contributed by atoms with Crippen LogP contribution in [0.25, 0.3) is 0 Å². The van der Waals surface area contributed by atoms with E-state index >= 15 is 0 Å². The Kier molecular flexibility index (Phi) is 4.32. The van der Waals surface area contributed by atoms with Gasteiger partial charge in [0.1, 0.15) is 0 Å². The topological polar surface area (TPSA) is 113 Å². The molecule has 112 valence electrons. The molecule has 1 aliphatic heterocycles. The van der Waals surface area contributed by atoms with Crippen LogP contribution in [0, 0.1) is 5.92 Å². The van der Waals surface area contributed by atoms with Gasteiger partial charge in [-0.15, -0.1) is 0 Å². The highest BCUT2D eigenvalue weighted by molar-refractivity contribution is 7.94. The van der Waals surface area contributed by atoms with Crippen LogP contribution in [0.5, 0.6) is 0 Å². The Morgan fingerprint density at radius 2 is 1.75 bits per heavy atom. The Morgan fingerprint density at radius 1 is 1.10 bits per heavy atom. The highest BCUT2D eigenvalue weighted by Gasteiger charge is 2.28. The smallest absolute Gasteiger partial charge is 0.315 e. The molecule has 3 N–H and O–H groups in total. The average molecular weight is 302 g/mol. The zero-order valence-electron chi connectivity index (χ0n) is 10.9. The first-order valence-corrected chi connectivity index (χ1v) is 8.28. The quantitative estimate of drug-likeness (QED) is 0.691. The van der Waals surface area contributed by atoms with Gasteiger partial charge in [0.15, 0.2) is 9.84 Å². The Bertz CT molecular complexity index is 520. The minimum absolute atomic E-state index is 0.0485. The normalized spacial score (nSPS) is 31.7. The number of amides is 2. The van der Waals surface area contributed by atoms with E-state index in [1.54, 1.807) is 0 Å². The summed E-state index contributed by atoms with van der Waals surface area (Å²) >= 11 is 0. The summed E-state index contributed by atoms with van der Waals surface area (Å²) in [4.78, 5) is 22.5. The van der Waals surface area contributed by atoms with Gasteiger partial charge in [0, 0.05) is 11.4 Å². The fourth-order valence-electron chi connectivity index (χ4n) is 2.55. The number of hydrogen-bond donors (Lipinski definition) is 3. The summed E-state index contributed by atoms with van der Waals surface area (Å²) in [5.74, 6) is -1.21. The van der Waals surface area contributed by atoms with E-state index in [0.717, 1.165) is 5.41 Å². The van der Waals surface area contributed by atoms with Crippen LogP contribution in [0.4, 0.5) is 4.79 Å². The summed E-state index contributed by atoms with van der Waals surface area (Å²) in [5, 5.41) is 15.3. The van der Waals surface area contributed by atoms with Gasteiger partial charge < -0.3 is 15.7 Å². The van der Waals surface area contributed by atoms with E-state index in [-0.39, 0.29) is 17.7 Å². The standard InChI is InChI=1S/C12H18N2O5S/c15-11(16)8-1-3-9(4-2-8)13-12(17)14-10-5-6-20(18,19)7-10/h5-6,8-10H,1-4,7H2,(H,15,16)(H2,13,14,17). The minimum Gasteiger partial charge on any atom is -0.481 e. The van der Waals surface area contributed by atoms with Gasteiger partial charge in [0.25, 0.3) is 0 Å². The largest absolute Gasteiger partial charge is 0.481 e.